The number of aliphatic hydroxyl groups is 1. The van der Waals surface area contributed by atoms with Crippen molar-refractivity contribution in [2.45, 2.75) is 62.7 Å². The molecule has 0 radical (unpaired) electrons. The highest BCUT2D eigenvalue weighted by Gasteiger charge is 2.37. The number of nitrogens with one attached hydrogen (secondary N) is 5. The number of likely N-dealkylation sites (N-methyl/N-ethyl adjacent to an activating group) is 1. The fraction of sp³-hybridized carbons (Fsp3) is 0.700. The number of carbonyl (C=O) groups excluding carboxylic acids is 5. The molecule has 1 aliphatic heterocycles. The Morgan fingerprint density at radius 2 is 1.60 bits per heavy atom. The average molecular weight is 519 g/mol. The maximum atomic E-state index is 13.0. The lowest BCUT2D eigenvalue weighted by molar-refractivity contribution is -0.138. The summed E-state index contributed by atoms with van der Waals surface area (Å²) >= 11 is 0.886. The predicted molar refractivity (Wildman–Crippen MR) is 126 cm³/mol. The highest BCUT2D eigenvalue weighted by molar-refractivity contribution is 8.00. The second-order valence-corrected chi connectivity index (χ2v) is 9.59. The molecule has 5 amide bonds. The summed E-state index contributed by atoms with van der Waals surface area (Å²) in [7, 11) is 1.47. The van der Waals surface area contributed by atoms with Gasteiger partial charge in [-0.05, 0) is 19.9 Å². The van der Waals surface area contributed by atoms with Crippen molar-refractivity contribution >= 4 is 47.3 Å². The SMILES string of the molecule is CNC1CSC(C(=O)O)[C@@H](C(C)C)NC(=O)[C@H](CC(N)=O)NC(=O)[C@H](C)NC(=O)C(CO)NC1=O. The number of hydrogen-bond acceptors (Lipinski definition) is 9. The Morgan fingerprint density at radius 1 is 1.03 bits per heavy atom. The quantitative estimate of drug-likeness (QED) is 0.171. The van der Waals surface area contributed by atoms with E-state index in [9.17, 15) is 39.0 Å². The van der Waals surface area contributed by atoms with Crippen molar-refractivity contribution in [3.05, 3.63) is 0 Å². The maximum absolute atomic E-state index is 13.0. The maximum Gasteiger partial charge on any atom is 0.318 e. The molecule has 1 saturated heterocycles. The van der Waals surface area contributed by atoms with Crippen LogP contribution in [-0.4, -0.2) is 101 Å². The van der Waals surface area contributed by atoms with E-state index in [0.29, 0.717) is 0 Å². The minimum Gasteiger partial charge on any atom is -0.480 e. The summed E-state index contributed by atoms with van der Waals surface area (Å²) in [5.41, 5.74) is 5.22. The van der Waals surface area contributed by atoms with Crippen molar-refractivity contribution in [3.8, 4) is 0 Å². The van der Waals surface area contributed by atoms with E-state index in [1.54, 1.807) is 13.8 Å². The minimum absolute atomic E-state index is 0.0456. The number of hydrogen-bond donors (Lipinski definition) is 8. The first kappa shape index (κ1) is 30.1. The first-order chi connectivity index (χ1) is 16.3. The number of aliphatic hydroxyl groups excluding tert-OH is 1. The Labute approximate surface area is 206 Å². The molecule has 0 aromatic heterocycles. The van der Waals surface area contributed by atoms with Gasteiger partial charge in [-0.1, -0.05) is 13.8 Å². The van der Waals surface area contributed by atoms with Crippen LogP contribution in [0, 0.1) is 5.92 Å². The van der Waals surface area contributed by atoms with E-state index in [0.717, 1.165) is 11.8 Å². The minimum atomic E-state index is -1.42. The van der Waals surface area contributed by atoms with E-state index in [4.69, 9.17) is 5.73 Å². The third-order valence-electron chi connectivity index (χ3n) is 5.31. The molecule has 35 heavy (non-hydrogen) atoms. The molecular weight excluding hydrogens is 484 g/mol. The summed E-state index contributed by atoms with van der Waals surface area (Å²) in [6.07, 6.45) is -0.564. The van der Waals surface area contributed by atoms with Crippen LogP contribution in [0.1, 0.15) is 27.2 Å². The van der Waals surface area contributed by atoms with E-state index in [1.165, 1.54) is 14.0 Å². The molecule has 3 unspecified atom stereocenters. The van der Waals surface area contributed by atoms with Crippen molar-refractivity contribution in [1.29, 1.82) is 0 Å². The second kappa shape index (κ2) is 13.8. The number of thioether (sulfide) groups is 1. The van der Waals surface area contributed by atoms with Gasteiger partial charge in [-0.25, -0.2) is 0 Å². The van der Waals surface area contributed by atoms with Gasteiger partial charge < -0.3 is 42.5 Å². The van der Waals surface area contributed by atoms with E-state index in [2.05, 4.69) is 26.6 Å². The molecule has 0 saturated carbocycles. The number of carbonyl (C=O) groups is 6. The van der Waals surface area contributed by atoms with Crippen LogP contribution in [0.25, 0.3) is 0 Å². The lowest BCUT2D eigenvalue weighted by atomic mass is 9.99. The molecule has 1 rings (SSSR count). The first-order valence-electron chi connectivity index (χ1n) is 10.9. The number of amides is 5. The number of primary amides is 1. The lowest BCUT2D eigenvalue weighted by Crippen LogP contribution is -2.60. The first-order valence-corrected chi connectivity index (χ1v) is 12.0. The van der Waals surface area contributed by atoms with Gasteiger partial charge >= 0.3 is 5.97 Å². The zero-order valence-corrected chi connectivity index (χ0v) is 20.8. The summed E-state index contributed by atoms with van der Waals surface area (Å²) in [5, 5.41) is 30.6. The van der Waals surface area contributed by atoms with Crippen LogP contribution in [-0.2, 0) is 28.8 Å². The molecule has 14 nitrogen and oxygen atoms in total. The van der Waals surface area contributed by atoms with E-state index < -0.39 is 84.0 Å². The molecule has 1 fully saturated rings. The molecule has 1 heterocycles. The molecule has 0 aromatic carbocycles. The zero-order valence-electron chi connectivity index (χ0n) is 20.0. The van der Waals surface area contributed by atoms with Crippen LogP contribution in [0.15, 0.2) is 0 Å². The fourth-order valence-electron chi connectivity index (χ4n) is 3.23. The molecule has 1 aliphatic rings. The highest BCUT2D eigenvalue weighted by Crippen LogP contribution is 2.22. The molecule has 15 heteroatoms. The van der Waals surface area contributed by atoms with E-state index >= 15 is 0 Å². The summed E-state index contributed by atoms with van der Waals surface area (Å²) in [5.74, 6) is -5.76. The Kier molecular flexibility index (Phi) is 11.9. The van der Waals surface area contributed by atoms with Gasteiger partial charge in [0.05, 0.1) is 25.1 Å². The van der Waals surface area contributed by atoms with Gasteiger partial charge in [0.25, 0.3) is 0 Å². The van der Waals surface area contributed by atoms with Gasteiger partial charge in [-0.2, -0.15) is 0 Å². The molecule has 0 spiro atoms. The van der Waals surface area contributed by atoms with Gasteiger partial charge in [0, 0.05) is 5.75 Å². The molecule has 6 atom stereocenters. The molecular formula is C20H34N6O8S. The Morgan fingerprint density at radius 3 is 2.09 bits per heavy atom. The molecule has 0 bridgehead atoms. The van der Waals surface area contributed by atoms with Crippen LogP contribution in [0.4, 0.5) is 0 Å². The second-order valence-electron chi connectivity index (χ2n) is 8.42. The van der Waals surface area contributed by atoms with Gasteiger partial charge in [0.2, 0.25) is 29.5 Å². The Bertz CT molecular complexity index is 825. The van der Waals surface area contributed by atoms with Crippen LogP contribution in [0.2, 0.25) is 0 Å². The fourth-order valence-corrected chi connectivity index (χ4v) is 4.68. The topological polar surface area (TPSA) is 229 Å². The van der Waals surface area contributed by atoms with Crippen molar-refractivity contribution in [3.63, 3.8) is 0 Å². The smallest absolute Gasteiger partial charge is 0.318 e. The number of rotatable bonds is 6. The molecule has 9 N–H and O–H groups in total. The van der Waals surface area contributed by atoms with Crippen LogP contribution >= 0.6 is 11.8 Å². The van der Waals surface area contributed by atoms with Gasteiger partial charge in [0.1, 0.15) is 23.4 Å². The van der Waals surface area contributed by atoms with Crippen LogP contribution in [0.5, 0.6) is 0 Å². The number of carboxylic acid groups (broad SMARTS) is 1. The normalized spacial score (nSPS) is 29.5. The van der Waals surface area contributed by atoms with Crippen LogP contribution in [0.3, 0.4) is 0 Å². The van der Waals surface area contributed by atoms with E-state index in [1.807, 2.05) is 0 Å². The van der Waals surface area contributed by atoms with Gasteiger partial charge in [-0.15, -0.1) is 11.8 Å². The van der Waals surface area contributed by atoms with Crippen molar-refractivity contribution < 1.29 is 39.0 Å². The Hall–Kier alpha value is -2.91. The Balaban J connectivity index is 3.42. The largest absolute Gasteiger partial charge is 0.480 e. The number of carboxylic acids is 1. The summed E-state index contributed by atoms with van der Waals surface area (Å²) in [6, 6.07) is -5.91. The molecule has 0 aliphatic carbocycles. The average Bonchev–Trinajstić information content (AvgIpc) is 2.76. The van der Waals surface area contributed by atoms with Gasteiger partial charge in [0.15, 0.2) is 0 Å². The van der Waals surface area contributed by atoms with Crippen LogP contribution < -0.4 is 32.3 Å². The lowest BCUT2D eigenvalue weighted by Gasteiger charge is -2.31. The summed E-state index contributed by atoms with van der Waals surface area (Å²) < 4.78 is 0. The van der Waals surface area contributed by atoms with Crippen molar-refractivity contribution in [2.75, 3.05) is 19.4 Å². The third-order valence-corrected chi connectivity index (χ3v) is 6.69. The zero-order chi connectivity index (χ0) is 26.9. The van der Waals surface area contributed by atoms with Gasteiger partial charge in [-0.3, -0.25) is 28.8 Å². The molecule has 0 aromatic rings. The van der Waals surface area contributed by atoms with Crippen molar-refractivity contribution in [1.82, 2.24) is 26.6 Å². The number of aliphatic carboxylic acids is 1. The monoisotopic (exact) mass is 518 g/mol. The third kappa shape index (κ3) is 8.99. The number of nitrogens with two attached hydrogens (primary N) is 1. The highest BCUT2D eigenvalue weighted by atomic mass is 32.2. The summed E-state index contributed by atoms with van der Waals surface area (Å²) in [6.45, 7) is 3.91. The summed E-state index contributed by atoms with van der Waals surface area (Å²) in [4.78, 5) is 74.4. The predicted octanol–water partition coefficient (Wildman–Crippen LogP) is -3.74. The standard InChI is InChI=1S/C20H34N6O8S/c1-8(2)14-15(20(33)34)35-7-12(22-4)19(32)25-11(6-27)18(31)23-9(3)16(29)24-10(5-13(21)28)17(30)26-14/h8-12,14-15,22,27H,5-7H2,1-4H3,(H2,21,28)(H,23,31)(H,24,29)(H,25,32)(H,26,30)(H,33,34)/t9-,10-,11?,12?,14+,15?/m0/s1. The molecule has 198 valence electrons. The van der Waals surface area contributed by atoms with Crippen molar-refractivity contribution in [2.24, 2.45) is 11.7 Å². The van der Waals surface area contributed by atoms with E-state index in [-0.39, 0.29) is 11.7 Å².